The molecule has 0 spiro atoms. The highest BCUT2D eigenvalue weighted by molar-refractivity contribution is 8.13. The van der Waals surface area contributed by atoms with Gasteiger partial charge in [0.25, 0.3) is 0 Å². The van der Waals surface area contributed by atoms with E-state index in [9.17, 15) is 4.79 Å². The van der Waals surface area contributed by atoms with Crippen LogP contribution in [-0.4, -0.2) is 29.2 Å². The van der Waals surface area contributed by atoms with Crippen molar-refractivity contribution in [3.05, 3.63) is 35.3 Å². The Hall–Kier alpha value is -0.685. The van der Waals surface area contributed by atoms with Crippen molar-refractivity contribution in [3.8, 4) is 0 Å². The van der Waals surface area contributed by atoms with Crippen LogP contribution in [0.4, 0.5) is 0 Å². The van der Waals surface area contributed by atoms with E-state index in [2.05, 4.69) is 12.6 Å². The van der Waals surface area contributed by atoms with Crippen molar-refractivity contribution in [2.75, 3.05) is 5.75 Å². The quantitative estimate of drug-likeness (QED) is 0.650. The van der Waals surface area contributed by atoms with Crippen LogP contribution in [0.3, 0.4) is 0 Å². The van der Waals surface area contributed by atoms with Crippen molar-refractivity contribution in [2.24, 2.45) is 0 Å². The number of thiol groups is 1. The van der Waals surface area contributed by atoms with Gasteiger partial charge in [-0.05, 0) is 44.8 Å². The summed E-state index contributed by atoms with van der Waals surface area (Å²) in [5, 5.41) is 0.0755. The topological polar surface area (TPSA) is 35.5 Å². The average molecular weight is 350 g/mol. The van der Waals surface area contributed by atoms with Crippen molar-refractivity contribution in [1.29, 1.82) is 0 Å². The molecule has 1 heterocycles. The molecule has 124 valence electrons. The zero-order valence-corrected chi connectivity index (χ0v) is 16.0. The van der Waals surface area contributed by atoms with Crippen LogP contribution >= 0.6 is 24.4 Å². The zero-order chi connectivity index (χ0) is 17.3. The van der Waals surface area contributed by atoms with E-state index in [0.29, 0.717) is 5.75 Å². The molecule has 23 heavy (non-hydrogen) atoms. The van der Waals surface area contributed by atoms with Gasteiger partial charge in [0, 0.05) is 17.6 Å². The van der Waals surface area contributed by atoms with Crippen LogP contribution in [0.25, 0.3) is 6.08 Å². The van der Waals surface area contributed by atoms with Crippen molar-refractivity contribution in [2.45, 2.75) is 50.7 Å². The number of rotatable bonds is 4. The van der Waals surface area contributed by atoms with E-state index in [0.717, 1.165) is 15.9 Å². The number of carbonyl (C=O) groups is 1. The molecular weight excluding hydrogens is 327 g/mol. The van der Waals surface area contributed by atoms with E-state index in [-0.39, 0.29) is 5.12 Å². The maximum Gasteiger partial charge on any atom is 0.491 e. The Kier molecular flexibility index (Phi) is 5.72. The van der Waals surface area contributed by atoms with Gasteiger partial charge in [0.1, 0.15) is 0 Å². The molecular formula is C17H23BO3S2. The SMILES string of the molecule is CC(=O)SCC(=Cc1ccccc1S)B1OC(C)(C)C(C)(C)O1. The predicted octanol–water partition coefficient (Wildman–Crippen LogP) is 4.27. The molecule has 1 aliphatic heterocycles. The molecule has 0 radical (unpaired) electrons. The van der Waals surface area contributed by atoms with Gasteiger partial charge >= 0.3 is 7.12 Å². The van der Waals surface area contributed by atoms with Gasteiger partial charge in [-0.2, -0.15) is 0 Å². The summed E-state index contributed by atoms with van der Waals surface area (Å²) < 4.78 is 12.3. The highest BCUT2D eigenvalue weighted by Crippen LogP contribution is 2.39. The molecule has 2 rings (SSSR count). The number of thioether (sulfide) groups is 1. The van der Waals surface area contributed by atoms with Gasteiger partial charge in [-0.15, -0.1) is 12.6 Å². The Balaban J connectivity index is 2.32. The minimum Gasteiger partial charge on any atom is -0.400 e. The standard InChI is InChI=1S/C17H23BO3S2/c1-12(19)23-11-14(10-13-8-6-7-9-15(13)22)18-20-16(2,3)17(4,5)21-18/h6-10,22H,11H2,1-5H3. The second kappa shape index (κ2) is 7.05. The van der Waals surface area contributed by atoms with Gasteiger partial charge in [-0.3, -0.25) is 4.79 Å². The summed E-state index contributed by atoms with van der Waals surface area (Å²) in [7, 11) is -0.459. The van der Waals surface area contributed by atoms with Crippen LogP contribution in [-0.2, 0) is 14.1 Å². The smallest absolute Gasteiger partial charge is 0.400 e. The molecule has 0 amide bonds. The summed E-state index contributed by atoms with van der Waals surface area (Å²) in [6.07, 6.45) is 2.01. The molecule has 3 nitrogen and oxygen atoms in total. The minimum atomic E-state index is -0.459. The molecule has 1 fully saturated rings. The summed E-state index contributed by atoms with van der Waals surface area (Å²) in [4.78, 5) is 12.3. The molecule has 1 aromatic rings. The average Bonchev–Trinajstić information content (AvgIpc) is 2.65. The number of carbonyl (C=O) groups excluding carboxylic acids is 1. The Labute approximate surface area is 148 Å². The summed E-state index contributed by atoms with van der Waals surface area (Å²) in [6, 6.07) is 7.84. The molecule has 6 heteroatoms. The molecule has 0 N–H and O–H groups in total. The fraction of sp³-hybridized carbons (Fsp3) is 0.471. The van der Waals surface area contributed by atoms with Crippen LogP contribution in [0.1, 0.15) is 40.2 Å². The minimum absolute atomic E-state index is 0.0755. The van der Waals surface area contributed by atoms with Crippen LogP contribution < -0.4 is 0 Å². The first-order valence-electron chi connectivity index (χ1n) is 7.60. The lowest BCUT2D eigenvalue weighted by Gasteiger charge is -2.32. The Morgan fingerprint density at radius 1 is 1.22 bits per heavy atom. The van der Waals surface area contributed by atoms with E-state index in [1.165, 1.54) is 11.8 Å². The van der Waals surface area contributed by atoms with Crippen molar-refractivity contribution in [3.63, 3.8) is 0 Å². The first kappa shape index (κ1) is 18.7. The van der Waals surface area contributed by atoms with E-state index in [1.807, 2.05) is 58.0 Å². The highest BCUT2D eigenvalue weighted by atomic mass is 32.2. The third-order valence-corrected chi connectivity index (χ3v) is 5.57. The van der Waals surface area contributed by atoms with Crippen LogP contribution in [0.2, 0.25) is 0 Å². The third-order valence-electron chi connectivity index (χ3n) is 4.28. The lowest BCUT2D eigenvalue weighted by atomic mass is 9.78. The van der Waals surface area contributed by atoms with Crippen LogP contribution in [0.15, 0.2) is 34.6 Å². The van der Waals surface area contributed by atoms with Gasteiger partial charge < -0.3 is 9.31 Å². The van der Waals surface area contributed by atoms with Crippen molar-refractivity contribution >= 4 is 42.7 Å². The second-order valence-electron chi connectivity index (χ2n) is 6.65. The van der Waals surface area contributed by atoms with Gasteiger partial charge in [-0.1, -0.05) is 36.0 Å². The Morgan fingerprint density at radius 3 is 2.30 bits per heavy atom. The van der Waals surface area contributed by atoms with Gasteiger partial charge in [0.2, 0.25) is 0 Å². The Bertz CT molecular complexity index is 610. The lowest BCUT2D eigenvalue weighted by Crippen LogP contribution is -2.41. The molecule has 1 aliphatic rings. The summed E-state index contributed by atoms with van der Waals surface area (Å²) in [5.41, 5.74) is 1.12. The molecule has 0 unspecified atom stereocenters. The first-order valence-corrected chi connectivity index (χ1v) is 9.03. The maximum absolute atomic E-state index is 11.4. The second-order valence-corrected chi connectivity index (χ2v) is 8.28. The van der Waals surface area contributed by atoms with Gasteiger partial charge in [0.05, 0.1) is 11.2 Å². The van der Waals surface area contributed by atoms with Crippen molar-refractivity contribution in [1.82, 2.24) is 0 Å². The molecule has 0 aliphatic carbocycles. The number of hydrogen-bond acceptors (Lipinski definition) is 5. The van der Waals surface area contributed by atoms with Gasteiger partial charge in [-0.25, -0.2) is 0 Å². The fourth-order valence-corrected chi connectivity index (χ4v) is 2.98. The van der Waals surface area contributed by atoms with Crippen LogP contribution in [0.5, 0.6) is 0 Å². The first-order chi connectivity index (χ1) is 10.6. The monoisotopic (exact) mass is 350 g/mol. The normalized spacial score (nSPS) is 19.9. The summed E-state index contributed by atoms with van der Waals surface area (Å²) >= 11 is 5.75. The van der Waals surface area contributed by atoms with E-state index in [4.69, 9.17) is 9.31 Å². The molecule has 1 saturated heterocycles. The maximum atomic E-state index is 11.4. The summed E-state index contributed by atoms with van der Waals surface area (Å²) in [6.45, 7) is 9.66. The zero-order valence-electron chi connectivity index (χ0n) is 14.3. The van der Waals surface area contributed by atoms with E-state index >= 15 is 0 Å². The van der Waals surface area contributed by atoms with E-state index < -0.39 is 18.3 Å². The fourth-order valence-electron chi connectivity index (χ4n) is 2.17. The lowest BCUT2D eigenvalue weighted by molar-refractivity contribution is -0.109. The molecule has 0 saturated carbocycles. The van der Waals surface area contributed by atoms with E-state index in [1.54, 1.807) is 6.92 Å². The highest BCUT2D eigenvalue weighted by Gasteiger charge is 2.52. The Morgan fingerprint density at radius 2 is 1.78 bits per heavy atom. The van der Waals surface area contributed by atoms with Gasteiger partial charge in [0.15, 0.2) is 5.12 Å². The summed E-state index contributed by atoms with van der Waals surface area (Å²) in [5.74, 6) is 0.536. The number of hydrogen-bond donors (Lipinski definition) is 1. The van der Waals surface area contributed by atoms with Crippen LogP contribution in [0, 0.1) is 0 Å². The molecule has 0 bridgehead atoms. The largest absolute Gasteiger partial charge is 0.491 e. The predicted molar refractivity (Wildman–Crippen MR) is 101 cm³/mol. The number of benzene rings is 1. The molecule has 0 aromatic heterocycles. The molecule has 1 aromatic carbocycles. The third kappa shape index (κ3) is 4.44. The molecule has 0 atom stereocenters. The van der Waals surface area contributed by atoms with Crippen molar-refractivity contribution < 1.29 is 14.1 Å².